The number of anilines is 1. The molecule has 0 atom stereocenters. The zero-order chi connectivity index (χ0) is 27.5. The molecule has 0 aliphatic carbocycles. The van der Waals surface area contributed by atoms with Gasteiger partial charge < -0.3 is 24.3 Å². The topological polar surface area (TPSA) is 88.5 Å². The molecule has 1 amide bonds. The summed E-state index contributed by atoms with van der Waals surface area (Å²) in [5.41, 5.74) is 3.83. The minimum Gasteiger partial charge on any atom is -0.497 e. The highest BCUT2D eigenvalue weighted by molar-refractivity contribution is 7.99. The van der Waals surface area contributed by atoms with Gasteiger partial charge in [0.2, 0.25) is 5.91 Å². The number of nitrogens with one attached hydrogen (secondary N) is 1. The van der Waals surface area contributed by atoms with Gasteiger partial charge in [0.05, 0.1) is 25.7 Å². The summed E-state index contributed by atoms with van der Waals surface area (Å²) in [4.78, 5) is 20.8. The summed E-state index contributed by atoms with van der Waals surface area (Å²) in [6.45, 7) is 2.99. The van der Waals surface area contributed by atoms with Crippen LogP contribution in [0.3, 0.4) is 0 Å². The minimum atomic E-state index is 0.0820. The number of carbonyl (C=O) groups is 1. The van der Waals surface area contributed by atoms with Crippen LogP contribution in [0.25, 0.3) is 28.0 Å². The van der Waals surface area contributed by atoms with Gasteiger partial charge in [0, 0.05) is 60.6 Å². The van der Waals surface area contributed by atoms with E-state index in [4.69, 9.17) is 9.47 Å². The normalized spacial score (nSPS) is 13.6. The number of thioether (sulfide) groups is 1. The molecule has 0 spiro atoms. The number of aromatic amines is 1. The molecular formula is C30H30N6O3S. The third-order valence-corrected chi connectivity index (χ3v) is 8.08. The van der Waals surface area contributed by atoms with E-state index in [1.54, 1.807) is 14.2 Å². The van der Waals surface area contributed by atoms with Crippen LogP contribution in [0.2, 0.25) is 0 Å². The molecule has 6 rings (SSSR count). The van der Waals surface area contributed by atoms with Crippen molar-refractivity contribution in [2.45, 2.75) is 5.16 Å². The van der Waals surface area contributed by atoms with E-state index in [2.05, 4.69) is 38.3 Å². The zero-order valence-corrected chi connectivity index (χ0v) is 23.2. The monoisotopic (exact) mass is 554 g/mol. The number of methoxy groups -OCH3 is 2. The number of H-pyrrole nitrogens is 1. The maximum absolute atomic E-state index is 13.3. The maximum Gasteiger partial charge on any atom is 0.233 e. The lowest BCUT2D eigenvalue weighted by Gasteiger charge is -2.36. The van der Waals surface area contributed by atoms with Crippen LogP contribution in [-0.4, -0.2) is 76.7 Å². The van der Waals surface area contributed by atoms with Gasteiger partial charge in [0.25, 0.3) is 0 Å². The van der Waals surface area contributed by atoms with Crippen molar-refractivity contribution < 1.29 is 14.3 Å². The molecular weight excluding hydrogens is 524 g/mol. The Morgan fingerprint density at radius 3 is 2.48 bits per heavy atom. The lowest BCUT2D eigenvalue weighted by atomic mass is 10.1. The van der Waals surface area contributed by atoms with Crippen LogP contribution in [0, 0.1) is 0 Å². The van der Waals surface area contributed by atoms with Gasteiger partial charge in [-0.05, 0) is 30.3 Å². The Kier molecular flexibility index (Phi) is 7.33. The average Bonchev–Trinajstić information content (AvgIpc) is 3.64. The number of rotatable bonds is 8. The molecule has 1 aliphatic heterocycles. The van der Waals surface area contributed by atoms with Crippen molar-refractivity contribution in [1.29, 1.82) is 0 Å². The minimum absolute atomic E-state index is 0.0820. The van der Waals surface area contributed by atoms with Crippen LogP contribution in [0.1, 0.15) is 0 Å². The van der Waals surface area contributed by atoms with Gasteiger partial charge in [-0.25, -0.2) is 0 Å². The number of hydrogen-bond acceptors (Lipinski definition) is 7. The van der Waals surface area contributed by atoms with Crippen LogP contribution < -0.4 is 14.4 Å². The predicted molar refractivity (Wildman–Crippen MR) is 158 cm³/mol. The molecule has 0 unspecified atom stereocenters. The Morgan fingerprint density at radius 2 is 1.70 bits per heavy atom. The van der Waals surface area contributed by atoms with Gasteiger partial charge in [-0.2, -0.15) is 0 Å². The fourth-order valence-electron chi connectivity index (χ4n) is 5.05. The van der Waals surface area contributed by atoms with Crippen molar-refractivity contribution in [1.82, 2.24) is 24.6 Å². The molecule has 0 saturated carbocycles. The maximum atomic E-state index is 13.3. The second-order valence-corrected chi connectivity index (χ2v) is 10.4. The highest BCUT2D eigenvalue weighted by atomic mass is 32.2. The van der Waals surface area contributed by atoms with Crippen molar-refractivity contribution in [3.05, 3.63) is 79.0 Å². The van der Waals surface area contributed by atoms with Gasteiger partial charge >= 0.3 is 0 Å². The number of hydrogen-bond donors (Lipinski definition) is 1. The number of ether oxygens (including phenoxy) is 2. The molecule has 40 heavy (non-hydrogen) atoms. The zero-order valence-electron chi connectivity index (χ0n) is 22.4. The summed E-state index contributed by atoms with van der Waals surface area (Å²) in [6.07, 6.45) is 1.93. The summed E-state index contributed by atoms with van der Waals surface area (Å²) in [5.74, 6) is 2.31. The molecule has 3 aromatic carbocycles. The third-order valence-electron chi connectivity index (χ3n) is 7.17. The van der Waals surface area contributed by atoms with Crippen LogP contribution in [0.4, 0.5) is 5.69 Å². The number of para-hydroxylation sites is 2. The molecule has 2 aromatic heterocycles. The second kappa shape index (κ2) is 11.4. The van der Waals surface area contributed by atoms with E-state index < -0.39 is 0 Å². The smallest absolute Gasteiger partial charge is 0.233 e. The van der Waals surface area contributed by atoms with Crippen molar-refractivity contribution >= 4 is 34.3 Å². The Bertz CT molecular complexity index is 1630. The Morgan fingerprint density at radius 1 is 0.925 bits per heavy atom. The highest BCUT2D eigenvalue weighted by Gasteiger charge is 2.25. The van der Waals surface area contributed by atoms with E-state index in [0.717, 1.165) is 35.2 Å². The Hall–Kier alpha value is -4.44. The second-order valence-electron chi connectivity index (χ2n) is 9.42. The van der Waals surface area contributed by atoms with Crippen LogP contribution >= 0.6 is 11.8 Å². The van der Waals surface area contributed by atoms with E-state index in [1.807, 2.05) is 70.3 Å². The molecule has 0 radical (unpaired) electrons. The molecule has 10 heteroatoms. The first-order valence-corrected chi connectivity index (χ1v) is 14.1. The first-order valence-electron chi connectivity index (χ1n) is 13.1. The molecule has 5 aromatic rings. The number of piperazine rings is 1. The van der Waals surface area contributed by atoms with Crippen molar-refractivity contribution in [2.75, 3.05) is 51.1 Å². The Labute approximate surface area is 236 Å². The predicted octanol–water partition coefficient (Wildman–Crippen LogP) is 4.87. The third kappa shape index (κ3) is 4.98. The first-order chi connectivity index (χ1) is 19.7. The largest absolute Gasteiger partial charge is 0.497 e. The SMILES string of the molecule is COc1ccc(OC)c(-n2c(SCC(=O)N3CCN(c4ccccc4)CC3)nnc2-c2c[nH]c3ccccc23)c1. The van der Waals surface area contributed by atoms with E-state index in [1.165, 1.54) is 17.4 Å². The van der Waals surface area contributed by atoms with Gasteiger partial charge in [-0.3, -0.25) is 9.36 Å². The van der Waals surface area contributed by atoms with Crippen LogP contribution in [0.5, 0.6) is 11.5 Å². The van der Waals surface area contributed by atoms with Crippen molar-refractivity contribution in [3.63, 3.8) is 0 Å². The van der Waals surface area contributed by atoms with Crippen molar-refractivity contribution in [2.24, 2.45) is 0 Å². The van der Waals surface area contributed by atoms with E-state index in [0.29, 0.717) is 35.6 Å². The number of fused-ring (bicyclic) bond motifs is 1. The standard InChI is InChI=1S/C30H30N6O3S/c1-38-22-12-13-27(39-2)26(18-22)36-29(24-19-31-25-11-7-6-10-23(24)25)32-33-30(36)40-20-28(37)35-16-14-34(15-17-35)21-8-4-3-5-9-21/h3-13,18-19,31H,14-17,20H2,1-2H3. The number of nitrogens with zero attached hydrogens (tertiary/aromatic N) is 5. The van der Waals surface area contributed by atoms with E-state index in [-0.39, 0.29) is 11.7 Å². The summed E-state index contributed by atoms with van der Waals surface area (Å²) in [6, 6.07) is 24.0. The number of carbonyl (C=O) groups excluding carboxylic acids is 1. The van der Waals surface area contributed by atoms with Gasteiger partial charge in [-0.1, -0.05) is 48.2 Å². The average molecular weight is 555 g/mol. The highest BCUT2D eigenvalue weighted by Crippen LogP contribution is 2.37. The first kappa shape index (κ1) is 25.8. The van der Waals surface area contributed by atoms with Crippen molar-refractivity contribution in [3.8, 4) is 28.6 Å². The number of aromatic nitrogens is 4. The van der Waals surface area contributed by atoms with Crippen LogP contribution in [-0.2, 0) is 4.79 Å². The van der Waals surface area contributed by atoms with Gasteiger partial charge in [-0.15, -0.1) is 10.2 Å². The fraction of sp³-hybridized carbons (Fsp3) is 0.233. The Balaban J connectivity index is 1.28. The lowest BCUT2D eigenvalue weighted by molar-refractivity contribution is -0.128. The quantitative estimate of drug-likeness (QED) is 0.274. The number of benzene rings is 3. The van der Waals surface area contributed by atoms with E-state index >= 15 is 0 Å². The molecule has 3 heterocycles. The summed E-state index contributed by atoms with van der Waals surface area (Å²) in [7, 11) is 3.26. The lowest BCUT2D eigenvalue weighted by Crippen LogP contribution is -2.49. The molecule has 0 bridgehead atoms. The molecule has 1 saturated heterocycles. The number of amides is 1. The van der Waals surface area contributed by atoms with Crippen LogP contribution in [0.15, 0.2) is 84.1 Å². The molecule has 1 fully saturated rings. The molecule has 9 nitrogen and oxygen atoms in total. The van der Waals surface area contributed by atoms with E-state index in [9.17, 15) is 4.79 Å². The summed E-state index contributed by atoms with van der Waals surface area (Å²) >= 11 is 1.37. The summed E-state index contributed by atoms with van der Waals surface area (Å²) < 4.78 is 13.2. The van der Waals surface area contributed by atoms with Gasteiger partial charge in [0.1, 0.15) is 11.5 Å². The molecule has 204 valence electrons. The molecule has 1 N–H and O–H groups in total. The molecule has 1 aliphatic rings. The summed E-state index contributed by atoms with van der Waals surface area (Å²) in [5, 5.41) is 10.8. The van der Waals surface area contributed by atoms with Gasteiger partial charge in [0.15, 0.2) is 11.0 Å². The fourth-order valence-corrected chi connectivity index (χ4v) is 5.90.